The van der Waals surface area contributed by atoms with Gasteiger partial charge in [-0.1, -0.05) is 0 Å². The Morgan fingerprint density at radius 1 is 1.09 bits per heavy atom. The first kappa shape index (κ1) is 16.9. The Morgan fingerprint density at radius 2 is 1.73 bits per heavy atom. The van der Waals surface area contributed by atoms with Crippen LogP contribution in [0.25, 0.3) is 0 Å². The van der Waals surface area contributed by atoms with Gasteiger partial charge in [0.05, 0.1) is 5.54 Å². The third-order valence-electron chi connectivity index (χ3n) is 4.07. The summed E-state index contributed by atoms with van der Waals surface area (Å²) in [6.45, 7) is 5.59. The fraction of sp³-hybridized carbons (Fsp3) is 0.857. The van der Waals surface area contributed by atoms with E-state index in [-0.39, 0.29) is 13.1 Å². The van der Waals surface area contributed by atoms with Crippen LogP contribution in [0.5, 0.6) is 0 Å². The Hall–Kier alpha value is -1.47. The topological polar surface area (TPSA) is 49.9 Å². The molecule has 1 unspecified atom stereocenters. The van der Waals surface area contributed by atoms with Crippen LogP contribution in [0.2, 0.25) is 0 Å². The Kier molecular flexibility index (Phi) is 4.08. The SMILES string of the molecule is CC(C)(C)OC(=O)N1CCCC12CCN(C(=O)C(F)(F)F)C2. The van der Waals surface area contributed by atoms with Crippen molar-refractivity contribution >= 4 is 12.0 Å². The van der Waals surface area contributed by atoms with Crippen LogP contribution in [0.3, 0.4) is 0 Å². The molecule has 1 atom stereocenters. The fourth-order valence-corrected chi connectivity index (χ4v) is 3.17. The second-order valence-electron chi connectivity index (χ2n) is 6.93. The standard InChI is InChI=1S/C14H21F3N2O3/c1-12(2,3)22-11(21)19-7-4-5-13(19)6-8-18(9-13)10(20)14(15,16)17/h4-9H2,1-3H3. The lowest BCUT2D eigenvalue weighted by molar-refractivity contribution is -0.184. The highest BCUT2D eigenvalue weighted by atomic mass is 19.4. The molecular formula is C14H21F3N2O3. The maximum atomic E-state index is 12.6. The lowest BCUT2D eigenvalue weighted by Gasteiger charge is -2.36. The summed E-state index contributed by atoms with van der Waals surface area (Å²) in [7, 11) is 0. The van der Waals surface area contributed by atoms with Crippen molar-refractivity contribution in [3.05, 3.63) is 0 Å². The average molecular weight is 322 g/mol. The first-order chi connectivity index (χ1) is 9.95. The quantitative estimate of drug-likeness (QED) is 0.689. The minimum Gasteiger partial charge on any atom is -0.444 e. The maximum absolute atomic E-state index is 12.6. The van der Waals surface area contributed by atoms with Crippen molar-refractivity contribution in [2.75, 3.05) is 19.6 Å². The number of nitrogens with zero attached hydrogens (tertiary/aromatic N) is 2. The van der Waals surface area contributed by atoms with E-state index in [0.717, 1.165) is 4.90 Å². The van der Waals surface area contributed by atoms with Gasteiger partial charge in [0.1, 0.15) is 5.60 Å². The van der Waals surface area contributed by atoms with Gasteiger partial charge in [-0.2, -0.15) is 13.2 Å². The average Bonchev–Trinajstić information content (AvgIpc) is 2.93. The summed E-state index contributed by atoms with van der Waals surface area (Å²) < 4.78 is 43.0. The van der Waals surface area contributed by atoms with E-state index < -0.39 is 29.3 Å². The number of halogens is 3. The number of likely N-dealkylation sites (tertiary alicyclic amines) is 2. The van der Waals surface area contributed by atoms with E-state index in [2.05, 4.69) is 0 Å². The summed E-state index contributed by atoms with van der Waals surface area (Å²) in [6.07, 6.45) is -3.75. The van der Waals surface area contributed by atoms with E-state index in [1.54, 1.807) is 20.8 Å². The van der Waals surface area contributed by atoms with Crippen molar-refractivity contribution in [3.63, 3.8) is 0 Å². The number of hydrogen-bond acceptors (Lipinski definition) is 3. The number of ether oxygens (including phenoxy) is 1. The van der Waals surface area contributed by atoms with Crippen LogP contribution in [-0.4, -0.2) is 58.8 Å². The van der Waals surface area contributed by atoms with Crippen LogP contribution >= 0.6 is 0 Å². The molecule has 0 radical (unpaired) electrons. The van der Waals surface area contributed by atoms with Crippen LogP contribution in [-0.2, 0) is 9.53 Å². The van der Waals surface area contributed by atoms with Crippen LogP contribution in [0, 0.1) is 0 Å². The number of carbonyl (C=O) groups is 2. The normalized spacial score (nSPS) is 25.9. The number of carbonyl (C=O) groups excluding carboxylic acids is 2. The maximum Gasteiger partial charge on any atom is 0.471 e. The third-order valence-corrected chi connectivity index (χ3v) is 4.07. The molecule has 0 aromatic heterocycles. The Bertz CT molecular complexity index is 473. The van der Waals surface area contributed by atoms with Crippen LogP contribution < -0.4 is 0 Å². The van der Waals surface area contributed by atoms with Gasteiger partial charge in [0.2, 0.25) is 0 Å². The highest BCUT2D eigenvalue weighted by Gasteiger charge is 2.53. The predicted molar refractivity (Wildman–Crippen MR) is 72.2 cm³/mol. The van der Waals surface area contributed by atoms with E-state index in [4.69, 9.17) is 4.74 Å². The molecule has 0 saturated carbocycles. The van der Waals surface area contributed by atoms with Gasteiger partial charge in [-0.15, -0.1) is 0 Å². The summed E-state index contributed by atoms with van der Waals surface area (Å²) in [6, 6.07) is 0. The van der Waals surface area contributed by atoms with Gasteiger partial charge >= 0.3 is 18.2 Å². The van der Waals surface area contributed by atoms with Crippen molar-refractivity contribution in [1.29, 1.82) is 0 Å². The van der Waals surface area contributed by atoms with Gasteiger partial charge < -0.3 is 14.5 Å². The molecule has 0 aliphatic carbocycles. The Balaban J connectivity index is 2.11. The first-order valence-electron chi connectivity index (χ1n) is 7.31. The summed E-state index contributed by atoms with van der Waals surface area (Å²) in [5.74, 6) is -1.83. The molecule has 8 heteroatoms. The summed E-state index contributed by atoms with van der Waals surface area (Å²) >= 11 is 0. The Morgan fingerprint density at radius 3 is 2.27 bits per heavy atom. The first-order valence-corrected chi connectivity index (χ1v) is 7.31. The molecular weight excluding hydrogens is 301 g/mol. The van der Waals surface area contributed by atoms with Gasteiger partial charge in [-0.25, -0.2) is 4.79 Å². The smallest absolute Gasteiger partial charge is 0.444 e. The van der Waals surface area contributed by atoms with Gasteiger partial charge in [-0.05, 0) is 40.0 Å². The Labute approximate surface area is 127 Å². The van der Waals surface area contributed by atoms with Crippen LogP contribution in [0.1, 0.15) is 40.0 Å². The van der Waals surface area contributed by atoms with Crippen LogP contribution in [0.4, 0.5) is 18.0 Å². The molecule has 22 heavy (non-hydrogen) atoms. The zero-order chi connectivity index (χ0) is 16.8. The molecule has 2 amide bonds. The second-order valence-corrected chi connectivity index (χ2v) is 6.93. The molecule has 2 fully saturated rings. The van der Waals surface area contributed by atoms with E-state index >= 15 is 0 Å². The minimum atomic E-state index is -4.87. The van der Waals surface area contributed by atoms with Crippen LogP contribution in [0.15, 0.2) is 0 Å². The molecule has 5 nitrogen and oxygen atoms in total. The zero-order valence-electron chi connectivity index (χ0n) is 13.0. The molecule has 0 N–H and O–H groups in total. The van der Waals surface area contributed by atoms with Gasteiger partial charge in [0.25, 0.3) is 0 Å². The molecule has 2 aliphatic rings. The number of amides is 2. The summed E-state index contributed by atoms with van der Waals surface area (Å²) in [4.78, 5) is 25.9. The van der Waals surface area contributed by atoms with Gasteiger partial charge in [0.15, 0.2) is 0 Å². The van der Waals surface area contributed by atoms with Crippen molar-refractivity contribution < 1.29 is 27.5 Å². The highest BCUT2D eigenvalue weighted by molar-refractivity contribution is 5.82. The van der Waals surface area contributed by atoms with Crippen molar-refractivity contribution in [2.45, 2.75) is 57.3 Å². The minimum absolute atomic E-state index is 0.0115. The van der Waals surface area contributed by atoms with Gasteiger partial charge in [0, 0.05) is 19.6 Å². The van der Waals surface area contributed by atoms with Crippen molar-refractivity contribution in [2.24, 2.45) is 0 Å². The van der Waals surface area contributed by atoms with Crippen molar-refractivity contribution in [3.8, 4) is 0 Å². The van der Waals surface area contributed by atoms with E-state index in [0.29, 0.717) is 25.8 Å². The molecule has 2 heterocycles. The van der Waals surface area contributed by atoms with Crippen molar-refractivity contribution in [1.82, 2.24) is 9.80 Å². The summed E-state index contributed by atoms with van der Waals surface area (Å²) in [5, 5.41) is 0. The number of hydrogen-bond donors (Lipinski definition) is 0. The van der Waals surface area contributed by atoms with E-state index in [1.807, 2.05) is 0 Å². The third kappa shape index (κ3) is 3.30. The predicted octanol–water partition coefficient (Wildman–Crippen LogP) is 2.55. The number of rotatable bonds is 0. The lowest BCUT2D eigenvalue weighted by atomic mass is 9.95. The van der Waals surface area contributed by atoms with E-state index in [9.17, 15) is 22.8 Å². The largest absolute Gasteiger partial charge is 0.471 e. The molecule has 1 spiro atoms. The second kappa shape index (κ2) is 5.31. The molecule has 2 rings (SSSR count). The molecule has 2 saturated heterocycles. The van der Waals surface area contributed by atoms with Gasteiger partial charge in [-0.3, -0.25) is 4.79 Å². The fourth-order valence-electron chi connectivity index (χ4n) is 3.17. The molecule has 2 aliphatic heterocycles. The highest BCUT2D eigenvalue weighted by Crippen LogP contribution is 2.39. The molecule has 0 aromatic carbocycles. The van der Waals surface area contributed by atoms with E-state index in [1.165, 1.54) is 4.90 Å². The number of alkyl halides is 3. The summed E-state index contributed by atoms with van der Waals surface area (Å²) in [5.41, 5.74) is -1.38. The molecule has 0 bridgehead atoms. The zero-order valence-corrected chi connectivity index (χ0v) is 13.0. The monoisotopic (exact) mass is 322 g/mol. The molecule has 126 valence electrons. The lowest BCUT2D eigenvalue weighted by Crippen LogP contribution is -2.52. The molecule has 0 aromatic rings.